The van der Waals surface area contributed by atoms with E-state index >= 15 is 0 Å². The van der Waals surface area contributed by atoms with E-state index < -0.39 is 17.6 Å². The minimum Gasteiger partial charge on any atom is -0.491 e. The Morgan fingerprint density at radius 2 is 2.19 bits per heavy atom. The SMILES string of the molecule is Nc1nc(Nc2c(Br)cccc2OC[C@H]2CCOC2)ncc1C(F)(F)F. The third kappa shape index (κ3) is 4.36. The van der Waals surface area contributed by atoms with E-state index in [9.17, 15) is 13.2 Å². The number of aromatic nitrogens is 2. The summed E-state index contributed by atoms with van der Waals surface area (Å²) in [5.41, 5.74) is 4.84. The number of anilines is 3. The quantitative estimate of drug-likeness (QED) is 0.742. The van der Waals surface area contributed by atoms with Gasteiger partial charge in [0.15, 0.2) is 0 Å². The summed E-state index contributed by atoms with van der Waals surface area (Å²) >= 11 is 3.39. The highest BCUT2D eigenvalue weighted by molar-refractivity contribution is 9.10. The lowest BCUT2D eigenvalue weighted by atomic mass is 10.1. The third-order valence-electron chi connectivity index (χ3n) is 3.83. The molecule has 1 aromatic carbocycles. The Morgan fingerprint density at radius 1 is 1.38 bits per heavy atom. The van der Waals surface area contributed by atoms with Gasteiger partial charge in [-0.25, -0.2) is 4.98 Å². The van der Waals surface area contributed by atoms with Crippen molar-refractivity contribution in [3.8, 4) is 5.75 Å². The Labute approximate surface area is 156 Å². The van der Waals surface area contributed by atoms with Crippen LogP contribution in [0, 0.1) is 5.92 Å². The molecular formula is C16H16BrF3N4O2. The van der Waals surface area contributed by atoms with Crippen LogP contribution >= 0.6 is 15.9 Å². The predicted molar refractivity (Wildman–Crippen MR) is 93.3 cm³/mol. The Morgan fingerprint density at radius 3 is 2.85 bits per heavy atom. The second-order valence-electron chi connectivity index (χ2n) is 5.77. The van der Waals surface area contributed by atoms with Gasteiger partial charge in [0.25, 0.3) is 0 Å². The fraction of sp³-hybridized carbons (Fsp3) is 0.375. The van der Waals surface area contributed by atoms with Gasteiger partial charge in [0.05, 0.1) is 18.9 Å². The summed E-state index contributed by atoms with van der Waals surface area (Å²) in [6, 6.07) is 5.30. The van der Waals surface area contributed by atoms with Crippen LogP contribution in [0.5, 0.6) is 5.75 Å². The molecule has 6 nitrogen and oxygen atoms in total. The molecule has 3 N–H and O–H groups in total. The van der Waals surface area contributed by atoms with Crippen molar-refractivity contribution < 1.29 is 22.6 Å². The highest BCUT2D eigenvalue weighted by Gasteiger charge is 2.34. The van der Waals surface area contributed by atoms with Crippen LogP contribution in [0.2, 0.25) is 0 Å². The van der Waals surface area contributed by atoms with Crippen molar-refractivity contribution in [2.24, 2.45) is 5.92 Å². The molecule has 2 aromatic rings. The van der Waals surface area contributed by atoms with Gasteiger partial charge < -0.3 is 20.5 Å². The van der Waals surface area contributed by atoms with Crippen LogP contribution in [0.4, 0.5) is 30.6 Å². The van der Waals surface area contributed by atoms with E-state index in [1.54, 1.807) is 18.2 Å². The molecule has 0 amide bonds. The van der Waals surface area contributed by atoms with Gasteiger partial charge in [-0.2, -0.15) is 18.2 Å². The Balaban J connectivity index is 1.79. The predicted octanol–water partition coefficient (Wildman–Crippen LogP) is 4.00. The number of nitrogens with zero attached hydrogens (tertiary/aromatic N) is 2. The highest BCUT2D eigenvalue weighted by atomic mass is 79.9. The van der Waals surface area contributed by atoms with E-state index in [1.807, 2.05) is 0 Å². The van der Waals surface area contributed by atoms with Crippen LogP contribution in [0.15, 0.2) is 28.9 Å². The van der Waals surface area contributed by atoms with Gasteiger partial charge in [0, 0.05) is 23.2 Å². The average molecular weight is 433 g/mol. The molecule has 1 saturated heterocycles. The van der Waals surface area contributed by atoms with Gasteiger partial charge in [-0.1, -0.05) is 6.07 Å². The molecule has 0 radical (unpaired) electrons. The first-order valence-corrected chi connectivity index (χ1v) is 8.59. The summed E-state index contributed by atoms with van der Waals surface area (Å²) in [5.74, 6) is 0.122. The minimum atomic E-state index is -4.60. The maximum Gasteiger partial charge on any atom is 0.421 e. The van der Waals surface area contributed by atoms with E-state index in [2.05, 4.69) is 31.2 Å². The number of nitrogens with one attached hydrogen (secondary N) is 1. The maximum absolute atomic E-state index is 12.8. The number of nitrogens with two attached hydrogens (primary N) is 1. The van der Waals surface area contributed by atoms with Crippen molar-refractivity contribution in [2.45, 2.75) is 12.6 Å². The van der Waals surface area contributed by atoms with Gasteiger partial charge in [-0.3, -0.25) is 0 Å². The fourth-order valence-electron chi connectivity index (χ4n) is 2.45. The molecule has 26 heavy (non-hydrogen) atoms. The molecule has 0 aliphatic carbocycles. The van der Waals surface area contributed by atoms with E-state index in [1.165, 1.54) is 0 Å². The number of ether oxygens (including phenoxy) is 2. The number of hydrogen-bond acceptors (Lipinski definition) is 6. The van der Waals surface area contributed by atoms with Crippen molar-refractivity contribution in [2.75, 3.05) is 30.9 Å². The summed E-state index contributed by atoms with van der Waals surface area (Å²) in [6.45, 7) is 1.84. The summed E-state index contributed by atoms with van der Waals surface area (Å²) in [5, 5.41) is 2.86. The zero-order valence-corrected chi connectivity index (χ0v) is 15.1. The molecule has 0 saturated carbocycles. The molecule has 1 fully saturated rings. The van der Waals surface area contributed by atoms with Gasteiger partial charge in [-0.15, -0.1) is 0 Å². The Kier molecular flexibility index (Phi) is 5.52. The first-order chi connectivity index (χ1) is 12.3. The van der Waals surface area contributed by atoms with Crippen molar-refractivity contribution >= 4 is 33.4 Å². The van der Waals surface area contributed by atoms with Gasteiger partial charge in [0.2, 0.25) is 5.95 Å². The van der Waals surface area contributed by atoms with Crippen LogP contribution in [0.3, 0.4) is 0 Å². The Hall–Kier alpha value is -2.07. The molecule has 1 aliphatic rings. The lowest BCUT2D eigenvalue weighted by Gasteiger charge is -2.16. The summed E-state index contributed by atoms with van der Waals surface area (Å²) in [7, 11) is 0. The maximum atomic E-state index is 12.8. The van der Waals surface area contributed by atoms with Gasteiger partial charge in [-0.05, 0) is 34.5 Å². The van der Waals surface area contributed by atoms with Gasteiger partial charge >= 0.3 is 6.18 Å². The summed E-state index contributed by atoms with van der Waals surface area (Å²) < 4.78 is 50.1. The number of nitrogen functional groups attached to an aromatic ring is 1. The fourth-order valence-corrected chi connectivity index (χ4v) is 2.90. The number of alkyl halides is 3. The molecule has 0 bridgehead atoms. The molecule has 1 aliphatic heterocycles. The average Bonchev–Trinajstić information content (AvgIpc) is 3.08. The number of halogens is 4. The second kappa shape index (κ2) is 7.67. The summed E-state index contributed by atoms with van der Waals surface area (Å²) in [4.78, 5) is 7.40. The zero-order chi connectivity index (χ0) is 18.7. The Bertz CT molecular complexity index is 783. The highest BCUT2D eigenvalue weighted by Crippen LogP contribution is 2.36. The van der Waals surface area contributed by atoms with E-state index in [0.717, 1.165) is 13.0 Å². The molecule has 140 valence electrons. The number of benzene rings is 1. The standard InChI is InChI=1S/C16H16BrF3N4O2/c17-11-2-1-3-12(26-8-9-4-5-25-7-9)13(11)23-15-22-6-10(14(21)24-15)16(18,19)20/h1-3,6,9H,4-5,7-8H2,(H3,21,22,23,24)/t9-/m0/s1. The third-order valence-corrected chi connectivity index (χ3v) is 4.50. The van der Waals surface area contributed by atoms with Crippen molar-refractivity contribution in [1.82, 2.24) is 9.97 Å². The van der Waals surface area contributed by atoms with Crippen LogP contribution < -0.4 is 15.8 Å². The normalized spacial score (nSPS) is 17.3. The molecule has 1 atom stereocenters. The van der Waals surface area contributed by atoms with E-state index in [-0.39, 0.29) is 5.95 Å². The zero-order valence-electron chi connectivity index (χ0n) is 13.5. The number of rotatable bonds is 5. The molecule has 0 unspecified atom stereocenters. The molecule has 1 aromatic heterocycles. The summed E-state index contributed by atoms with van der Waals surface area (Å²) in [6.07, 6.45) is -3.03. The molecule has 3 rings (SSSR count). The molecule has 0 spiro atoms. The first-order valence-electron chi connectivity index (χ1n) is 7.80. The van der Waals surface area contributed by atoms with E-state index in [4.69, 9.17) is 15.2 Å². The minimum absolute atomic E-state index is 0.0588. The topological polar surface area (TPSA) is 82.3 Å². The van der Waals surface area contributed by atoms with Crippen LogP contribution in [0.1, 0.15) is 12.0 Å². The largest absolute Gasteiger partial charge is 0.491 e. The molecule has 2 heterocycles. The lowest BCUT2D eigenvalue weighted by Crippen LogP contribution is -2.14. The molecular weight excluding hydrogens is 417 g/mol. The lowest BCUT2D eigenvalue weighted by molar-refractivity contribution is -0.137. The van der Waals surface area contributed by atoms with Crippen molar-refractivity contribution in [1.29, 1.82) is 0 Å². The van der Waals surface area contributed by atoms with Crippen LogP contribution in [0.25, 0.3) is 0 Å². The van der Waals surface area contributed by atoms with Crippen molar-refractivity contribution in [3.05, 3.63) is 34.4 Å². The van der Waals surface area contributed by atoms with Crippen LogP contribution in [-0.4, -0.2) is 29.8 Å². The number of para-hydroxylation sites is 1. The second-order valence-corrected chi connectivity index (χ2v) is 6.62. The first kappa shape index (κ1) is 18.7. The van der Waals surface area contributed by atoms with Gasteiger partial charge in [0.1, 0.15) is 17.1 Å². The van der Waals surface area contributed by atoms with Crippen molar-refractivity contribution in [3.63, 3.8) is 0 Å². The van der Waals surface area contributed by atoms with E-state index in [0.29, 0.717) is 41.2 Å². The number of hydrogen-bond donors (Lipinski definition) is 2. The monoisotopic (exact) mass is 432 g/mol. The van der Waals surface area contributed by atoms with Crippen LogP contribution in [-0.2, 0) is 10.9 Å². The smallest absolute Gasteiger partial charge is 0.421 e. The molecule has 10 heteroatoms.